The Bertz CT molecular complexity index is 417. The molecule has 0 aromatic heterocycles. The minimum absolute atomic E-state index is 0.0306. The Morgan fingerprint density at radius 1 is 1.56 bits per heavy atom. The van der Waals surface area contributed by atoms with Crippen molar-refractivity contribution >= 4 is 34.5 Å². The van der Waals surface area contributed by atoms with Crippen LogP contribution >= 0.6 is 28.6 Å². The normalized spacial score (nSPS) is 16.9. The summed E-state index contributed by atoms with van der Waals surface area (Å²) in [4.78, 5) is 12.6. The van der Waals surface area contributed by atoms with Gasteiger partial charge < -0.3 is 5.32 Å². The van der Waals surface area contributed by atoms with E-state index < -0.39 is 0 Å². The molecule has 16 heavy (non-hydrogen) atoms. The van der Waals surface area contributed by atoms with E-state index in [1.807, 2.05) is 12.1 Å². The van der Waals surface area contributed by atoms with Crippen LogP contribution in [0.2, 0.25) is 0 Å². The second-order valence-corrected chi connectivity index (χ2v) is 5.66. The fourth-order valence-electron chi connectivity index (χ4n) is 1.70. The van der Waals surface area contributed by atoms with Crippen molar-refractivity contribution in [1.29, 1.82) is 0 Å². The molecule has 0 aliphatic heterocycles. The number of amides is 1. The van der Waals surface area contributed by atoms with Crippen LogP contribution in [0.15, 0.2) is 27.6 Å². The molecular formula is C12H14BrNOS. The van der Waals surface area contributed by atoms with Gasteiger partial charge in [0.1, 0.15) is 0 Å². The van der Waals surface area contributed by atoms with Gasteiger partial charge in [-0.05, 0) is 43.9 Å². The van der Waals surface area contributed by atoms with Crippen LogP contribution in [0.25, 0.3) is 0 Å². The van der Waals surface area contributed by atoms with Crippen LogP contribution in [0.1, 0.15) is 30.1 Å². The van der Waals surface area contributed by atoms with Crippen molar-refractivity contribution in [2.24, 2.45) is 5.92 Å². The van der Waals surface area contributed by atoms with E-state index >= 15 is 0 Å². The number of carbonyl (C=O) groups excluding carboxylic acids is 1. The van der Waals surface area contributed by atoms with Crippen LogP contribution in [0, 0.1) is 5.92 Å². The third kappa shape index (κ3) is 2.80. The highest BCUT2D eigenvalue weighted by molar-refractivity contribution is 9.10. The molecule has 1 saturated carbocycles. The van der Waals surface area contributed by atoms with E-state index in [0.717, 1.165) is 4.47 Å². The molecular weight excluding hydrogens is 286 g/mol. The highest BCUT2D eigenvalue weighted by Crippen LogP contribution is 2.32. The summed E-state index contributed by atoms with van der Waals surface area (Å²) in [5, 5.41) is 3.02. The van der Waals surface area contributed by atoms with E-state index in [4.69, 9.17) is 0 Å². The van der Waals surface area contributed by atoms with E-state index in [0.29, 0.717) is 16.4 Å². The molecule has 0 radical (unpaired) electrons. The van der Waals surface area contributed by atoms with Gasteiger partial charge in [0.05, 0.1) is 5.56 Å². The lowest BCUT2D eigenvalue weighted by molar-refractivity contribution is 0.0933. The number of nitrogens with one attached hydrogen (secondary N) is 1. The maximum atomic E-state index is 11.9. The zero-order valence-electron chi connectivity index (χ0n) is 9.03. The molecule has 1 aliphatic carbocycles. The number of hydrogen-bond donors (Lipinski definition) is 2. The Labute approximate surface area is 109 Å². The molecule has 4 heteroatoms. The van der Waals surface area contributed by atoms with Gasteiger partial charge in [0.15, 0.2) is 0 Å². The molecule has 0 bridgehead atoms. The number of benzene rings is 1. The maximum Gasteiger partial charge on any atom is 0.252 e. The van der Waals surface area contributed by atoms with Gasteiger partial charge in [-0.1, -0.05) is 15.9 Å². The van der Waals surface area contributed by atoms with E-state index in [-0.39, 0.29) is 11.9 Å². The Morgan fingerprint density at radius 2 is 2.25 bits per heavy atom. The summed E-state index contributed by atoms with van der Waals surface area (Å²) in [6, 6.07) is 5.75. The molecule has 1 unspecified atom stereocenters. The van der Waals surface area contributed by atoms with Gasteiger partial charge in [0.25, 0.3) is 5.91 Å². The van der Waals surface area contributed by atoms with Crippen molar-refractivity contribution < 1.29 is 4.79 Å². The minimum Gasteiger partial charge on any atom is -0.349 e. The van der Waals surface area contributed by atoms with Crippen molar-refractivity contribution in [2.45, 2.75) is 30.7 Å². The summed E-state index contributed by atoms with van der Waals surface area (Å²) >= 11 is 7.65. The van der Waals surface area contributed by atoms with Crippen LogP contribution in [-0.4, -0.2) is 11.9 Å². The van der Waals surface area contributed by atoms with E-state index in [9.17, 15) is 4.79 Å². The molecule has 1 fully saturated rings. The van der Waals surface area contributed by atoms with E-state index in [1.54, 1.807) is 6.07 Å². The van der Waals surface area contributed by atoms with Gasteiger partial charge in [-0.3, -0.25) is 4.79 Å². The molecule has 1 aromatic carbocycles. The maximum absolute atomic E-state index is 11.9. The third-order valence-corrected chi connectivity index (χ3v) is 3.76. The van der Waals surface area contributed by atoms with Crippen molar-refractivity contribution in [3.05, 3.63) is 28.2 Å². The van der Waals surface area contributed by atoms with Gasteiger partial charge in [0.2, 0.25) is 0 Å². The van der Waals surface area contributed by atoms with Crippen LogP contribution in [0.3, 0.4) is 0 Å². The first-order valence-electron chi connectivity index (χ1n) is 5.37. The van der Waals surface area contributed by atoms with Crippen molar-refractivity contribution in [3.63, 3.8) is 0 Å². The van der Waals surface area contributed by atoms with Crippen LogP contribution in [0.5, 0.6) is 0 Å². The van der Waals surface area contributed by atoms with Crippen LogP contribution in [-0.2, 0) is 0 Å². The molecule has 0 spiro atoms. The molecule has 2 nitrogen and oxygen atoms in total. The number of thiol groups is 1. The summed E-state index contributed by atoms with van der Waals surface area (Å²) < 4.78 is 0.935. The lowest BCUT2D eigenvalue weighted by Crippen LogP contribution is -2.34. The Kier molecular flexibility index (Phi) is 3.60. The van der Waals surface area contributed by atoms with Crippen LogP contribution in [0.4, 0.5) is 0 Å². The molecule has 1 aromatic rings. The molecule has 1 aliphatic rings. The molecule has 1 amide bonds. The van der Waals surface area contributed by atoms with Crippen molar-refractivity contribution in [2.75, 3.05) is 0 Å². The zero-order chi connectivity index (χ0) is 11.7. The predicted octanol–water partition coefficient (Wildman–Crippen LogP) is 3.27. The largest absolute Gasteiger partial charge is 0.349 e. The fourth-order valence-corrected chi connectivity index (χ4v) is 2.55. The lowest BCUT2D eigenvalue weighted by Gasteiger charge is -2.13. The standard InChI is InChI=1S/C12H14BrNOS/c1-7(8-2-3-8)14-12(15)10-5-4-9(13)6-11(10)16/h4-8,16H,2-3H2,1H3,(H,14,15). The van der Waals surface area contributed by atoms with Gasteiger partial charge >= 0.3 is 0 Å². The summed E-state index contributed by atoms with van der Waals surface area (Å²) in [6.07, 6.45) is 2.46. The number of rotatable bonds is 3. The fraction of sp³-hybridized carbons (Fsp3) is 0.417. The first-order valence-corrected chi connectivity index (χ1v) is 6.61. The predicted molar refractivity (Wildman–Crippen MR) is 71.0 cm³/mol. The van der Waals surface area contributed by atoms with E-state index in [2.05, 4.69) is 40.8 Å². The van der Waals surface area contributed by atoms with Gasteiger partial charge in [-0.2, -0.15) is 0 Å². The summed E-state index contributed by atoms with van der Waals surface area (Å²) in [7, 11) is 0. The topological polar surface area (TPSA) is 29.1 Å². The average Bonchev–Trinajstić information content (AvgIpc) is 2.99. The first-order chi connectivity index (χ1) is 7.58. The van der Waals surface area contributed by atoms with Crippen molar-refractivity contribution in [3.8, 4) is 0 Å². The number of carbonyl (C=O) groups is 1. The van der Waals surface area contributed by atoms with Crippen molar-refractivity contribution in [1.82, 2.24) is 5.32 Å². The monoisotopic (exact) mass is 299 g/mol. The number of hydrogen-bond acceptors (Lipinski definition) is 2. The average molecular weight is 300 g/mol. The van der Waals surface area contributed by atoms with Gasteiger partial charge in [0, 0.05) is 15.4 Å². The zero-order valence-corrected chi connectivity index (χ0v) is 11.5. The Balaban J connectivity index is 2.07. The molecule has 1 atom stereocenters. The van der Waals surface area contributed by atoms with Crippen LogP contribution < -0.4 is 5.32 Å². The SMILES string of the molecule is CC(NC(=O)c1ccc(Br)cc1S)C1CC1. The Hall–Kier alpha value is -0.480. The smallest absolute Gasteiger partial charge is 0.252 e. The van der Waals surface area contributed by atoms with Gasteiger partial charge in [-0.15, -0.1) is 12.6 Å². The first kappa shape index (κ1) is 12.0. The third-order valence-electron chi connectivity index (χ3n) is 2.89. The second kappa shape index (κ2) is 4.80. The quantitative estimate of drug-likeness (QED) is 0.824. The highest BCUT2D eigenvalue weighted by atomic mass is 79.9. The highest BCUT2D eigenvalue weighted by Gasteiger charge is 2.29. The summed E-state index contributed by atoms with van der Waals surface area (Å²) in [5.41, 5.74) is 0.638. The lowest BCUT2D eigenvalue weighted by atomic mass is 10.1. The molecule has 2 rings (SSSR count). The molecule has 0 heterocycles. The molecule has 86 valence electrons. The van der Waals surface area contributed by atoms with Gasteiger partial charge in [-0.25, -0.2) is 0 Å². The number of halogens is 1. The summed E-state index contributed by atoms with van der Waals surface area (Å²) in [6.45, 7) is 2.06. The van der Waals surface area contributed by atoms with E-state index in [1.165, 1.54) is 12.8 Å². The molecule has 1 N–H and O–H groups in total. The summed E-state index contributed by atoms with van der Waals surface area (Å²) in [5.74, 6) is 0.639. The molecule has 0 saturated heterocycles. The minimum atomic E-state index is -0.0306. The Morgan fingerprint density at radius 3 is 2.81 bits per heavy atom. The second-order valence-electron chi connectivity index (χ2n) is 4.26.